The first-order chi connectivity index (χ1) is 12.9. The molecule has 4 nitrogen and oxygen atoms in total. The molecule has 4 heteroatoms. The lowest BCUT2D eigenvalue weighted by molar-refractivity contribution is -0.143. The van der Waals surface area contributed by atoms with E-state index in [2.05, 4.69) is 64.3 Å². The first kappa shape index (κ1) is 20.0. The second-order valence-corrected chi connectivity index (χ2v) is 11.8. The molecular formula is C24H38N2O2. The largest absolute Gasteiger partial charge is 0.351 e. The van der Waals surface area contributed by atoms with Gasteiger partial charge in [-0.1, -0.05) is 32.9 Å². The highest BCUT2D eigenvalue weighted by atomic mass is 16.2. The van der Waals surface area contributed by atoms with Gasteiger partial charge in [0.1, 0.15) is 0 Å². The Balaban J connectivity index is 1.66. The van der Waals surface area contributed by atoms with Crippen molar-refractivity contribution >= 4 is 11.8 Å². The summed E-state index contributed by atoms with van der Waals surface area (Å²) in [5.74, 6) is 1.62. The maximum atomic E-state index is 13.2. The Hall–Kier alpha value is -1.32. The van der Waals surface area contributed by atoms with E-state index in [9.17, 15) is 9.59 Å². The summed E-state index contributed by atoms with van der Waals surface area (Å²) in [6.45, 7) is 13.4. The average molecular weight is 387 g/mol. The number of nitrogens with one attached hydrogen (secondary N) is 2. The van der Waals surface area contributed by atoms with Crippen LogP contribution in [0, 0.1) is 34.0 Å². The lowest BCUT2D eigenvalue weighted by Crippen LogP contribution is -2.62. The Morgan fingerprint density at radius 3 is 2.43 bits per heavy atom. The molecule has 3 aliphatic carbocycles. The van der Waals surface area contributed by atoms with E-state index in [-0.39, 0.29) is 45.6 Å². The van der Waals surface area contributed by atoms with Gasteiger partial charge >= 0.3 is 0 Å². The number of rotatable bonds is 1. The van der Waals surface area contributed by atoms with Crippen LogP contribution in [0.3, 0.4) is 0 Å². The van der Waals surface area contributed by atoms with Gasteiger partial charge in [0.15, 0.2) is 0 Å². The zero-order chi connectivity index (χ0) is 20.5. The molecule has 1 saturated heterocycles. The number of carbonyl (C=O) groups is 2. The fourth-order valence-electron chi connectivity index (χ4n) is 7.36. The number of piperidine rings is 1. The van der Waals surface area contributed by atoms with Gasteiger partial charge in [-0.05, 0) is 81.0 Å². The first-order valence-corrected chi connectivity index (χ1v) is 11.2. The summed E-state index contributed by atoms with van der Waals surface area (Å²) in [6, 6.07) is 0.171. The predicted molar refractivity (Wildman–Crippen MR) is 111 cm³/mol. The highest BCUT2D eigenvalue weighted by Gasteiger charge is 2.65. The zero-order valence-electron chi connectivity index (χ0n) is 18.5. The van der Waals surface area contributed by atoms with Crippen molar-refractivity contribution in [2.75, 3.05) is 0 Å². The van der Waals surface area contributed by atoms with E-state index in [0.717, 1.165) is 32.1 Å². The molecule has 0 aromatic heterocycles. The van der Waals surface area contributed by atoms with E-state index in [4.69, 9.17) is 0 Å². The maximum absolute atomic E-state index is 13.2. The van der Waals surface area contributed by atoms with Crippen LogP contribution in [0.1, 0.15) is 80.1 Å². The standard InChI is InChI=1S/C24H38N2O2/c1-21(2,3)26-20(28)17-10-14-23(5)16-7-8-18-22(4,12-11-19(27)25-18)15(16)9-13-24(17,23)6/h7-8,15-18H,9-14H2,1-6H3,(H,25,27)(H,26,28)/t15?,16-,17-,18?,22-,23?,24-/m1/s1. The molecule has 7 atom stereocenters. The second-order valence-electron chi connectivity index (χ2n) is 11.8. The highest BCUT2D eigenvalue weighted by Crippen LogP contribution is 2.70. The summed E-state index contributed by atoms with van der Waals surface area (Å²) in [7, 11) is 0. The summed E-state index contributed by atoms with van der Waals surface area (Å²) in [5.41, 5.74) is 0.134. The molecule has 4 rings (SSSR count). The molecule has 28 heavy (non-hydrogen) atoms. The van der Waals surface area contributed by atoms with Crippen molar-refractivity contribution in [1.82, 2.24) is 10.6 Å². The molecule has 4 aliphatic rings. The van der Waals surface area contributed by atoms with Gasteiger partial charge in [-0.3, -0.25) is 9.59 Å². The Morgan fingerprint density at radius 2 is 1.75 bits per heavy atom. The Morgan fingerprint density at radius 1 is 1.07 bits per heavy atom. The molecule has 156 valence electrons. The Labute approximate surface area is 170 Å². The number of amides is 2. The SMILES string of the molecule is CC(C)(C)NC(=O)[C@H]1CCC2(C)[C@@H]3C=CC4NC(=O)CC[C@]4(C)C3CC[C@]12C. The normalized spacial score (nSPS) is 47.6. The lowest BCUT2D eigenvalue weighted by Gasteiger charge is -2.62. The van der Waals surface area contributed by atoms with E-state index < -0.39 is 0 Å². The molecule has 0 aromatic carbocycles. The van der Waals surface area contributed by atoms with Gasteiger partial charge in [-0.15, -0.1) is 0 Å². The number of fused-ring (bicyclic) bond motifs is 5. The van der Waals surface area contributed by atoms with Crippen LogP contribution in [0.25, 0.3) is 0 Å². The number of carbonyl (C=O) groups excluding carboxylic acids is 2. The lowest BCUT2D eigenvalue weighted by atomic mass is 9.43. The van der Waals surface area contributed by atoms with E-state index in [0.29, 0.717) is 18.3 Å². The third-order valence-corrected chi connectivity index (χ3v) is 9.26. The van der Waals surface area contributed by atoms with Crippen LogP contribution >= 0.6 is 0 Å². The molecule has 1 aliphatic heterocycles. The van der Waals surface area contributed by atoms with Gasteiger partial charge in [0.2, 0.25) is 11.8 Å². The molecule has 3 fully saturated rings. The minimum absolute atomic E-state index is 0.0367. The van der Waals surface area contributed by atoms with Crippen LogP contribution in [0.2, 0.25) is 0 Å². The van der Waals surface area contributed by atoms with Gasteiger partial charge < -0.3 is 10.6 Å². The molecule has 0 aromatic rings. The van der Waals surface area contributed by atoms with E-state index in [1.54, 1.807) is 0 Å². The quantitative estimate of drug-likeness (QED) is 0.664. The molecule has 1 heterocycles. The topological polar surface area (TPSA) is 58.2 Å². The van der Waals surface area contributed by atoms with Crippen molar-refractivity contribution < 1.29 is 9.59 Å². The summed E-state index contributed by atoms with van der Waals surface area (Å²) in [4.78, 5) is 25.1. The fourth-order valence-corrected chi connectivity index (χ4v) is 7.36. The van der Waals surface area contributed by atoms with Crippen LogP contribution in [0.5, 0.6) is 0 Å². The van der Waals surface area contributed by atoms with Crippen molar-refractivity contribution in [1.29, 1.82) is 0 Å². The van der Waals surface area contributed by atoms with E-state index in [1.807, 2.05) is 0 Å². The van der Waals surface area contributed by atoms with Gasteiger partial charge in [0.25, 0.3) is 0 Å². The number of hydrogen-bond donors (Lipinski definition) is 2. The van der Waals surface area contributed by atoms with Crippen molar-refractivity contribution in [2.45, 2.75) is 91.6 Å². The third kappa shape index (κ3) is 2.69. The summed E-state index contributed by atoms with van der Waals surface area (Å²) in [6.07, 6.45) is 10.7. The van der Waals surface area contributed by atoms with Gasteiger partial charge in [0.05, 0.1) is 6.04 Å². The summed E-state index contributed by atoms with van der Waals surface area (Å²) < 4.78 is 0. The van der Waals surface area contributed by atoms with Crippen LogP contribution in [0.15, 0.2) is 12.2 Å². The highest BCUT2D eigenvalue weighted by molar-refractivity contribution is 5.81. The van der Waals surface area contributed by atoms with E-state index >= 15 is 0 Å². The van der Waals surface area contributed by atoms with Crippen molar-refractivity contribution in [3.8, 4) is 0 Å². The second kappa shape index (κ2) is 6.09. The molecule has 3 unspecified atom stereocenters. The Bertz CT molecular complexity index is 723. The van der Waals surface area contributed by atoms with Gasteiger partial charge in [0, 0.05) is 17.9 Å². The molecule has 2 amide bonds. The van der Waals surface area contributed by atoms with Crippen LogP contribution in [0.4, 0.5) is 0 Å². The van der Waals surface area contributed by atoms with Crippen LogP contribution in [-0.4, -0.2) is 23.4 Å². The smallest absolute Gasteiger partial charge is 0.224 e. The van der Waals surface area contributed by atoms with Gasteiger partial charge in [-0.25, -0.2) is 0 Å². The monoisotopic (exact) mass is 386 g/mol. The third-order valence-electron chi connectivity index (χ3n) is 9.26. The van der Waals surface area contributed by atoms with Crippen molar-refractivity contribution in [2.24, 2.45) is 34.0 Å². The van der Waals surface area contributed by atoms with E-state index in [1.165, 1.54) is 0 Å². The summed E-state index contributed by atoms with van der Waals surface area (Å²) in [5, 5.41) is 6.50. The molecule has 0 spiro atoms. The van der Waals surface area contributed by atoms with Gasteiger partial charge in [-0.2, -0.15) is 0 Å². The molecule has 0 bridgehead atoms. The van der Waals surface area contributed by atoms with Crippen molar-refractivity contribution in [3.05, 3.63) is 12.2 Å². The number of allylic oxidation sites excluding steroid dienone is 1. The average Bonchev–Trinajstić information content (AvgIpc) is 2.86. The minimum Gasteiger partial charge on any atom is -0.351 e. The molecule has 2 N–H and O–H groups in total. The summed E-state index contributed by atoms with van der Waals surface area (Å²) >= 11 is 0. The van der Waals surface area contributed by atoms with Crippen LogP contribution < -0.4 is 10.6 Å². The van der Waals surface area contributed by atoms with Crippen molar-refractivity contribution in [3.63, 3.8) is 0 Å². The number of hydrogen-bond acceptors (Lipinski definition) is 2. The molecule has 2 saturated carbocycles. The Kier molecular flexibility index (Phi) is 4.34. The van der Waals surface area contributed by atoms with Crippen LogP contribution in [-0.2, 0) is 9.59 Å². The minimum atomic E-state index is -0.185. The molecular weight excluding hydrogens is 348 g/mol. The maximum Gasteiger partial charge on any atom is 0.224 e. The first-order valence-electron chi connectivity index (χ1n) is 11.2. The predicted octanol–water partition coefficient (Wildman–Crippen LogP) is 4.20. The zero-order valence-corrected chi connectivity index (χ0v) is 18.5. The fraction of sp³-hybridized carbons (Fsp3) is 0.833. The molecule has 0 radical (unpaired) electrons.